The van der Waals surface area contributed by atoms with Gasteiger partial charge in [0.1, 0.15) is 11.3 Å². The second kappa shape index (κ2) is 9.26. The van der Waals surface area contributed by atoms with Gasteiger partial charge in [0.05, 0.1) is 13.7 Å². The summed E-state index contributed by atoms with van der Waals surface area (Å²) in [5, 5.41) is 0.658. The summed E-state index contributed by atoms with van der Waals surface area (Å²) in [4.78, 5) is 27.3. The van der Waals surface area contributed by atoms with Gasteiger partial charge in [0.2, 0.25) is 0 Å². The fourth-order valence-corrected chi connectivity index (χ4v) is 4.03. The van der Waals surface area contributed by atoms with E-state index < -0.39 is 0 Å². The first-order chi connectivity index (χ1) is 15.1. The molecule has 160 valence electrons. The predicted octanol–water partition coefficient (Wildman–Crippen LogP) is 4.45. The van der Waals surface area contributed by atoms with Crippen molar-refractivity contribution in [3.63, 3.8) is 0 Å². The van der Waals surface area contributed by atoms with E-state index in [0.717, 1.165) is 29.2 Å². The van der Waals surface area contributed by atoms with Gasteiger partial charge in [0.15, 0.2) is 16.6 Å². The highest BCUT2D eigenvalue weighted by Crippen LogP contribution is 2.30. The summed E-state index contributed by atoms with van der Waals surface area (Å²) in [6, 6.07) is 17.6. The Morgan fingerprint density at radius 3 is 2.52 bits per heavy atom. The molecule has 0 spiro atoms. The van der Waals surface area contributed by atoms with E-state index >= 15 is 0 Å². The van der Waals surface area contributed by atoms with Gasteiger partial charge in [-0.3, -0.25) is 4.57 Å². The monoisotopic (exact) mass is 435 g/mol. The number of thioether (sulfide) groups is 1. The molecule has 4 rings (SSSR count). The van der Waals surface area contributed by atoms with E-state index in [4.69, 9.17) is 14.7 Å². The topological polar surface area (TPSA) is 76.0 Å². The third-order valence-electron chi connectivity index (χ3n) is 4.98. The molecule has 31 heavy (non-hydrogen) atoms. The number of rotatable bonds is 8. The lowest BCUT2D eigenvalue weighted by Crippen LogP contribution is -2.17. The summed E-state index contributed by atoms with van der Waals surface area (Å²) in [6.07, 6.45) is 1.01. The Morgan fingerprint density at radius 2 is 1.84 bits per heavy atom. The summed E-state index contributed by atoms with van der Waals surface area (Å²) in [5.41, 5.74) is 3.01. The zero-order valence-electron chi connectivity index (χ0n) is 17.8. The molecule has 4 aromatic rings. The van der Waals surface area contributed by atoms with E-state index in [2.05, 4.69) is 11.9 Å². The van der Waals surface area contributed by atoms with Gasteiger partial charge in [-0.05, 0) is 36.2 Å². The molecular formula is C23H25N5O2S. The minimum Gasteiger partial charge on any atom is -0.497 e. The molecule has 0 atom stereocenters. The smallest absolute Gasteiger partial charge is 0.328 e. The van der Waals surface area contributed by atoms with Gasteiger partial charge in [-0.25, -0.2) is 14.8 Å². The van der Waals surface area contributed by atoms with Crippen LogP contribution < -0.4 is 15.3 Å². The Balaban J connectivity index is 1.83. The number of benzene rings is 2. The van der Waals surface area contributed by atoms with Crippen LogP contribution in [-0.4, -0.2) is 39.4 Å². The summed E-state index contributed by atoms with van der Waals surface area (Å²) in [6.45, 7) is 2.57. The van der Waals surface area contributed by atoms with Crippen molar-refractivity contribution in [2.24, 2.45) is 0 Å². The summed E-state index contributed by atoms with van der Waals surface area (Å²) in [7, 11) is 3.58. The van der Waals surface area contributed by atoms with Crippen LogP contribution in [0.25, 0.3) is 11.2 Å². The molecule has 0 amide bonds. The molecule has 8 heteroatoms. The number of nitrogens with zero attached hydrogens (tertiary/aromatic N) is 4. The molecule has 0 aliphatic rings. The fraction of sp³-hybridized carbons (Fsp3) is 0.261. The lowest BCUT2D eigenvalue weighted by Gasteiger charge is -2.20. The molecule has 0 saturated heterocycles. The minimum absolute atomic E-state index is 0.199. The maximum atomic E-state index is 12.9. The first-order valence-electron chi connectivity index (χ1n) is 10.2. The molecule has 0 saturated carbocycles. The van der Waals surface area contributed by atoms with Crippen LogP contribution in [-0.2, 0) is 6.54 Å². The van der Waals surface area contributed by atoms with Crippen molar-refractivity contribution in [1.29, 1.82) is 0 Å². The molecule has 2 aromatic heterocycles. The second-order valence-electron chi connectivity index (χ2n) is 7.14. The van der Waals surface area contributed by atoms with Crippen molar-refractivity contribution < 1.29 is 4.74 Å². The molecule has 2 aromatic carbocycles. The van der Waals surface area contributed by atoms with Crippen LogP contribution in [0.2, 0.25) is 0 Å². The first kappa shape index (κ1) is 21.0. The normalized spacial score (nSPS) is 11.1. The Labute approximate surface area is 185 Å². The Morgan fingerprint density at radius 1 is 1.10 bits per heavy atom. The van der Waals surface area contributed by atoms with E-state index in [9.17, 15) is 4.79 Å². The number of nitrogens with one attached hydrogen (secondary N) is 1. The average molecular weight is 436 g/mol. The van der Waals surface area contributed by atoms with Gasteiger partial charge in [0, 0.05) is 18.5 Å². The standard InChI is InChI=1S/C23H25N5O2S/c1-4-14-31-22-25-20(27(2)17-10-12-18(30-3)13-11-17)19-21(26-22)28(23(29)24-19)15-16-8-6-5-7-9-16/h5-13H,4,14-15H2,1-3H3,(H,24,29). The Kier molecular flexibility index (Phi) is 6.27. The summed E-state index contributed by atoms with van der Waals surface area (Å²) in [5.74, 6) is 2.36. The Bertz CT molecular complexity index is 1220. The van der Waals surface area contributed by atoms with E-state index in [1.54, 1.807) is 23.4 Å². The number of aromatic amines is 1. The number of hydrogen-bond donors (Lipinski definition) is 1. The van der Waals surface area contributed by atoms with Gasteiger partial charge >= 0.3 is 5.69 Å². The molecule has 0 unspecified atom stereocenters. The molecule has 0 aliphatic carbocycles. The Hall–Kier alpha value is -3.26. The van der Waals surface area contributed by atoms with E-state index in [1.165, 1.54) is 0 Å². The zero-order valence-corrected chi connectivity index (χ0v) is 18.6. The predicted molar refractivity (Wildman–Crippen MR) is 126 cm³/mol. The third-order valence-corrected chi connectivity index (χ3v) is 6.03. The van der Waals surface area contributed by atoms with E-state index in [-0.39, 0.29) is 5.69 Å². The van der Waals surface area contributed by atoms with Crippen LogP contribution in [0.5, 0.6) is 5.75 Å². The summed E-state index contributed by atoms with van der Waals surface area (Å²) >= 11 is 1.59. The SMILES string of the molecule is CCCSc1nc(N(C)c2ccc(OC)cc2)c2[nH]c(=O)n(Cc3ccccc3)c2n1. The quantitative estimate of drug-likeness (QED) is 0.326. The number of methoxy groups -OCH3 is 1. The molecule has 2 heterocycles. The van der Waals surface area contributed by atoms with Crippen LogP contribution in [0, 0.1) is 0 Å². The lowest BCUT2D eigenvalue weighted by atomic mass is 10.2. The van der Waals surface area contributed by atoms with Gasteiger partial charge in [-0.1, -0.05) is 49.0 Å². The van der Waals surface area contributed by atoms with Crippen LogP contribution in [0.15, 0.2) is 64.5 Å². The van der Waals surface area contributed by atoms with Crippen LogP contribution >= 0.6 is 11.8 Å². The zero-order chi connectivity index (χ0) is 21.8. The molecule has 0 bridgehead atoms. The number of fused-ring (bicyclic) bond motifs is 1. The molecular weight excluding hydrogens is 410 g/mol. The fourth-order valence-electron chi connectivity index (χ4n) is 3.34. The van der Waals surface area contributed by atoms with Crippen LogP contribution in [0.3, 0.4) is 0 Å². The van der Waals surface area contributed by atoms with Crippen molar-refractivity contribution in [2.75, 3.05) is 24.8 Å². The highest BCUT2D eigenvalue weighted by Gasteiger charge is 2.19. The number of H-pyrrole nitrogens is 1. The average Bonchev–Trinajstić information content (AvgIpc) is 3.12. The van der Waals surface area contributed by atoms with Gasteiger partial charge in [0.25, 0.3) is 0 Å². The van der Waals surface area contributed by atoms with Gasteiger partial charge in [-0.2, -0.15) is 0 Å². The van der Waals surface area contributed by atoms with E-state index in [0.29, 0.717) is 28.7 Å². The lowest BCUT2D eigenvalue weighted by molar-refractivity contribution is 0.415. The van der Waals surface area contributed by atoms with Crippen molar-refractivity contribution in [3.8, 4) is 5.75 Å². The van der Waals surface area contributed by atoms with Crippen molar-refractivity contribution in [1.82, 2.24) is 19.5 Å². The number of imidazole rings is 1. The molecule has 0 radical (unpaired) electrons. The number of ether oxygens (including phenoxy) is 1. The van der Waals surface area contributed by atoms with Crippen LogP contribution in [0.1, 0.15) is 18.9 Å². The number of anilines is 2. The number of hydrogen-bond acceptors (Lipinski definition) is 6. The van der Waals surface area contributed by atoms with Gasteiger partial charge in [-0.15, -0.1) is 0 Å². The maximum Gasteiger partial charge on any atom is 0.328 e. The molecule has 1 N–H and O–H groups in total. The number of aromatic nitrogens is 4. The van der Waals surface area contributed by atoms with Crippen molar-refractivity contribution >= 4 is 34.4 Å². The maximum absolute atomic E-state index is 12.9. The highest BCUT2D eigenvalue weighted by molar-refractivity contribution is 7.99. The third kappa shape index (κ3) is 4.44. The molecule has 0 fully saturated rings. The molecule has 0 aliphatic heterocycles. The molecule has 7 nitrogen and oxygen atoms in total. The van der Waals surface area contributed by atoms with Crippen molar-refractivity contribution in [3.05, 3.63) is 70.6 Å². The largest absolute Gasteiger partial charge is 0.497 e. The van der Waals surface area contributed by atoms with Crippen LogP contribution in [0.4, 0.5) is 11.5 Å². The highest BCUT2D eigenvalue weighted by atomic mass is 32.2. The minimum atomic E-state index is -0.199. The second-order valence-corrected chi connectivity index (χ2v) is 8.20. The van der Waals surface area contributed by atoms with Crippen molar-refractivity contribution in [2.45, 2.75) is 25.0 Å². The summed E-state index contributed by atoms with van der Waals surface area (Å²) < 4.78 is 6.94. The van der Waals surface area contributed by atoms with Gasteiger partial charge < -0.3 is 14.6 Å². The first-order valence-corrected chi connectivity index (χ1v) is 11.1. The van der Waals surface area contributed by atoms with E-state index in [1.807, 2.05) is 66.5 Å².